The summed E-state index contributed by atoms with van der Waals surface area (Å²) < 4.78 is 43.9. The first kappa shape index (κ1) is 26.7. The number of hydrogen-bond acceptors (Lipinski definition) is 5. The van der Waals surface area contributed by atoms with Crippen molar-refractivity contribution in [2.75, 3.05) is 0 Å². The molecule has 0 N–H and O–H groups in total. The number of halogens is 3. The quantitative estimate of drug-likeness (QED) is 0.158. The summed E-state index contributed by atoms with van der Waals surface area (Å²) in [6.45, 7) is 3.68. The van der Waals surface area contributed by atoms with Crippen LogP contribution in [-0.4, -0.2) is 38.7 Å². The summed E-state index contributed by atoms with van der Waals surface area (Å²) in [5, 5.41) is -0.546. The first-order chi connectivity index (χ1) is 18.5. The van der Waals surface area contributed by atoms with Gasteiger partial charge >= 0.3 is 12.1 Å². The summed E-state index contributed by atoms with van der Waals surface area (Å²) in [6.07, 6.45) is -4.03. The summed E-state index contributed by atoms with van der Waals surface area (Å²) in [7, 11) is 0. The highest BCUT2D eigenvalue weighted by Crippen LogP contribution is 2.53. The van der Waals surface area contributed by atoms with Gasteiger partial charge in [0.25, 0.3) is 5.91 Å². The van der Waals surface area contributed by atoms with Gasteiger partial charge in [-0.05, 0) is 43.2 Å². The number of nitrogens with zero attached hydrogens (tertiary/aromatic N) is 1. The van der Waals surface area contributed by atoms with Crippen molar-refractivity contribution in [3.05, 3.63) is 119 Å². The maximum atomic E-state index is 13.6. The normalized spacial score (nSPS) is 21.0. The fourth-order valence-electron chi connectivity index (χ4n) is 4.85. The molecule has 5 rings (SSSR count). The molecular weight excluding hydrogens is 527 g/mol. The highest BCUT2D eigenvalue weighted by molar-refractivity contribution is 8.01. The largest absolute Gasteiger partial charge is 0.451 e. The molecule has 200 valence electrons. The summed E-state index contributed by atoms with van der Waals surface area (Å²) in [4.78, 5) is 40.9. The number of allylic oxidation sites excluding steroid dienone is 1. The van der Waals surface area contributed by atoms with Crippen molar-refractivity contribution in [2.45, 2.75) is 42.3 Å². The zero-order valence-corrected chi connectivity index (χ0v) is 21.8. The van der Waals surface area contributed by atoms with E-state index in [1.807, 2.05) is 74.5 Å². The van der Waals surface area contributed by atoms with Crippen molar-refractivity contribution in [1.82, 2.24) is 4.90 Å². The SMILES string of the molecule is CC1(C)S[C@@H]2/C(=C\C(=O)c3ccc(C(F)(F)F)cc3)C(=O)N2[C@H]1C(=O)OC(c1ccccc1)c1ccccc1. The van der Waals surface area contributed by atoms with E-state index in [4.69, 9.17) is 4.74 Å². The lowest BCUT2D eigenvalue weighted by atomic mass is 9.94. The average molecular weight is 552 g/mol. The Hall–Kier alpha value is -3.85. The van der Waals surface area contributed by atoms with Crippen molar-refractivity contribution in [1.29, 1.82) is 0 Å². The van der Waals surface area contributed by atoms with Crippen LogP contribution in [0.2, 0.25) is 0 Å². The molecule has 3 aromatic carbocycles. The molecule has 2 fully saturated rings. The fraction of sp³-hybridized carbons (Fsp3) is 0.233. The lowest BCUT2D eigenvalue weighted by Crippen LogP contribution is -2.59. The number of fused-ring (bicyclic) bond motifs is 1. The first-order valence-electron chi connectivity index (χ1n) is 12.2. The number of ketones is 1. The molecule has 0 aliphatic carbocycles. The van der Waals surface area contributed by atoms with Gasteiger partial charge in [-0.2, -0.15) is 13.2 Å². The molecular formula is C30H24F3NO4S. The Kier molecular flexibility index (Phi) is 6.88. The molecule has 1 amide bonds. The van der Waals surface area contributed by atoms with Gasteiger partial charge < -0.3 is 9.64 Å². The minimum Gasteiger partial charge on any atom is -0.451 e. The van der Waals surface area contributed by atoms with Gasteiger partial charge in [0.05, 0.1) is 11.1 Å². The number of carbonyl (C=O) groups excluding carboxylic acids is 3. The average Bonchev–Trinajstić information content (AvgIpc) is 3.18. The Bertz CT molecular complexity index is 1400. The predicted molar refractivity (Wildman–Crippen MR) is 141 cm³/mol. The van der Waals surface area contributed by atoms with E-state index < -0.39 is 51.7 Å². The Balaban J connectivity index is 1.37. The van der Waals surface area contributed by atoms with Crippen LogP contribution in [0.5, 0.6) is 0 Å². The van der Waals surface area contributed by atoms with Crippen LogP contribution in [-0.2, 0) is 20.5 Å². The molecule has 0 spiro atoms. The number of alkyl halides is 3. The van der Waals surface area contributed by atoms with Gasteiger partial charge in [-0.1, -0.05) is 72.8 Å². The molecule has 39 heavy (non-hydrogen) atoms. The van der Waals surface area contributed by atoms with E-state index in [2.05, 4.69) is 0 Å². The Morgan fingerprint density at radius 1 is 0.923 bits per heavy atom. The number of esters is 1. The Morgan fingerprint density at radius 3 is 1.97 bits per heavy atom. The van der Waals surface area contributed by atoms with Crippen LogP contribution in [0.25, 0.3) is 0 Å². The summed E-state index contributed by atoms with van der Waals surface area (Å²) in [6, 6.07) is 21.6. The molecule has 2 saturated heterocycles. The second kappa shape index (κ2) is 10.0. The van der Waals surface area contributed by atoms with E-state index in [1.165, 1.54) is 16.7 Å². The highest BCUT2D eigenvalue weighted by atomic mass is 32.2. The third-order valence-electron chi connectivity index (χ3n) is 6.80. The molecule has 0 radical (unpaired) electrons. The maximum absolute atomic E-state index is 13.6. The summed E-state index contributed by atoms with van der Waals surface area (Å²) in [5.41, 5.74) is 0.949. The third-order valence-corrected chi connectivity index (χ3v) is 8.33. The minimum absolute atomic E-state index is 0.0357. The molecule has 0 aromatic heterocycles. The van der Waals surface area contributed by atoms with E-state index in [1.54, 1.807) is 0 Å². The van der Waals surface area contributed by atoms with Gasteiger partial charge in [0.2, 0.25) is 0 Å². The molecule has 3 aromatic rings. The number of rotatable bonds is 6. The monoisotopic (exact) mass is 551 g/mol. The van der Waals surface area contributed by atoms with E-state index in [0.717, 1.165) is 41.5 Å². The Labute approximate surface area is 227 Å². The first-order valence-corrected chi connectivity index (χ1v) is 13.1. The summed E-state index contributed by atoms with van der Waals surface area (Å²) >= 11 is 1.36. The molecule has 2 aliphatic heterocycles. The number of benzene rings is 3. The lowest BCUT2D eigenvalue weighted by Gasteiger charge is -2.39. The van der Waals surface area contributed by atoms with E-state index in [9.17, 15) is 27.6 Å². The van der Waals surface area contributed by atoms with Crippen LogP contribution < -0.4 is 0 Å². The molecule has 0 saturated carbocycles. The van der Waals surface area contributed by atoms with Crippen LogP contribution in [0.3, 0.4) is 0 Å². The smallest absolute Gasteiger partial charge is 0.416 e. The molecule has 2 heterocycles. The van der Waals surface area contributed by atoms with E-state index >= 15 is 0 Å². The topological polar surface area (TPSA) is 63.7 Å². The second-order valence-electron chi connectivity index (χ2n) is 9.87. The number of amides is 1. The van der Waals surface area contributed by atoms with E-state index in [0.29, 0.717) is 0 Å². The minimum atomic E-state index is -4.51. The van der Waals surface area contributed by atoms with Crippen molar-refractivity contribution in [2.24, 2.45) is 0 Å². The molecule has 2 aliphatic rings. The van der Waals surface area contributed by atoms with Crippen LogP contribution in [0.15, 0.2) is 96.6 Å². The van der Waals surface area contributed by atoms with Gasteiger partial charge in [-0.3, -0.25) is 9.59 Å². The highest BCUT2D eigenvalue weighted by Gasteiger charge is 2.62. The molecule has 0 bridgehead atoms. The summed E-state index contributed by atoms with van der Waals surface area (Å²) in [5.74, 6) is -1.62. The van der Waals surface area contributed by atoms with Gasteiger partial charge in [0, 0.05) is 10.3 Å². The molecule has 2 atom stereocenters. The zero-order chi connectivity index (χ0) is 27.9. The molecule has 5 nitrogen and oxygen atoms in total. The number of ether oxygens (including phenoxy) is 1. The predicted octanol–water partition coefficient (Wildman–Crippen LogP) is 6.21. The Morgan fingerprint density at radius 2 is 1.46 bits per heavy atom. The van der Waals surface area contributed by atoms with Crippen LogP contribution >= 0.6 is 11.8 Å². The van der Waals surface area contributed by atoms with Crippen molar-refractivity contribution >= 4 is 29.4 Å². The van der Waals surface area contributed by atoms with Crippen LogP contribution in [0, 0.1) is 0 Å². The van der Waals surface area contributed by atoms with Crippen molar-refractivity contribution in [3.63, 3.8) is 0 Å². The third kappa shape index (κ3) is 5.11. The molecule has 0 unspecified atom stereocenters. The number of β-lactam (4-membered cyclic amide) rings is 1. The van der Waals surface area contributed by atoms with Crippen molar-refractivity contribution in [3.8, 4) is 0 Å². The number of carbonyl (C=O) groups is 3. The second-order valence-corrected chi connectivity index (χ2v) is 11.6. The maximum Gasteiger partial charge on any atom is 0.416 e. The van der Waals surface area contributed by atoms with Crippen molar-refractivity contribution < 1.29 is 32.3 Å². The van der Waals surface area contributed by atoms with Gasteiger partial charge in [0.1, 0.15) is 11.4 Å². The van der Waals surface area contributed by atoms with Crippen LogP contribution in [0.4, 0.5) is 13.2 Å². The van der Waals surface area contributed by atoms with Gasteiger partial charge in [-0.15, -0.1) is 11.8 Å². The van der Waals surface area contributed by atoms with E-state index in [-0.39, 0.29) is 11.1 Å². The van der Waals surface area contributed by atoms with Crippen LogP contribution in [0.1, 0.15) is 47.0 Å². The van der Waals surface area contributed by atoms with Gasteiger partial charge in [0.15, 0.2) is 11.9 Å². The molecule has 9 heteroatoms. The number of hydrogen-bond donors (Lipinski definition) is 0. The van der Waals surface area contributed by atoms with Gasteiger partial charge in [-0.25, -0.2) is 4.79 Å². The lowest BCUT2D eigenvalue weighted by molar-refractivity contribution is -0.160. The number of thioether (sulfide) groups is 1. The zero-order valence-electron chi connectivity index (χ0n) is 21.0. The standard InChI is InChI=1S/C30H24F3NO4S/c1-29(2)25(28(37)38-24(19-9-5-3-6-10-19)20-11-7-4-8-12-20)34-26(36)22(27(34)39-29)17-23(35)18-13-15-21(16-14-18)30(31,32)33/h3-17,24-25,27H,1-2H3/b22-17-/t25-,27+/m0/s1. The fourth-order valence-corrected chi connectivity index (χ4v) is 6.39.